The lowest BCUT2D eigenvalue weighted by Crippen LogP contribution is -2.51. The summed E-state index contributed by atoms with van der Waals surface area (Å²) in [6.07, 6.45) is 2.21. The Hall–Kier alpha value is -1.27. The lowest BCUT2D eigenvalue weighted by Gasteiger charge is -2.39. The molecular weight excluding hydrogens is 306 g/mol. The van der Waals surface area contributed by atoms with Crippen LogP contribution < -0.4 is 0 Å². The summed E-state index contributed by atoms with van der Waals surface area (Å²) in [4.78, 5) is 10.3. The van der Waals surface area contributed by atoms with Crippen LogP contribution in [0.5, 0.6) is 0 Å². The van der Waals surface area contributed by atoms with E-state index < -0.39 is 0 Å². The van der Waals surface area contributed by atoms with Crippen LogP contribution in [-0.2, 0) is 17.8 Å². The molecule has 5 heteroatoms. The first kappa shape index (κ1) is 16.6. The first-order valence-corrected chi connectivity index (χ1v) is 9.06. The van der Waals surface area contributed by atoms with Crippen molar-refractivity contribution in [3.8, 4) is 0 Å². The molecule has 3 rings (SSSR count). The van der Waals surface area contributed by atoms with Crippen LogP contribution in [0.25, 0.3) is 0 Å². The number of morpholine rings is 1. The smallest absolute Gasteiger partial charge is 0.0854 e. The molecule has 2 atom stereocenters. The zero-order valence-electron chi connectivity index (χ0n) is 13.9. The lowest BCUT2D eigenvalue weighted by molar-refractivity contribution is -0.0670. The van der Waals surface area contributed by atoms with Gasteiger partial charge >= 0.3 is 0 Å². The molecule has 2 aromatic rings. The van der Waals surface area contributed by atoms with Gasteiger partial charge in [-0.05, 0) is 19.5 Å². The highest BCUT2D eigenvalue weighted by Gasteiger charge is 2.28. The van der Waals surface area contributed by atoms with Crippen LogP contribution in [0.2, 0.25) is 0 Å². The number of ether oxygens (including phenoxy) is 1. The third-order valence-electron chi connectivity index (χ3n) is 4.55. The molecule has 0 aliphatic carbocycles. The fraction of sp³-hybridized carbons (Fsp3) is 0.500. The van der Waals surface area contributed by atoms with E-state index in [-0.39, 0.29) is 6.10 Å². The molecule has 1 aliphatic heterocycles. The number of likely N-dealkylation sites (N-methyl/N-ethyl adjacent to an activating group) is 1. The molecule has 1 aromatic heterocycles. The van der Waals surface area contributed by atoms with Crippen LogP contribution in [-0.4, -0.2) is 53.7 Å². The highest BCUT2D eigenvalue weighted by molar-refractivity contribution is 7.09. The zero-order chi connectivity index (χ0) is 16.1. The van der Waals surface area contributed by atoms with Crippen molar-refractivity contribution in [1.29, 1.82) is 0 Å². The van der Waals surface area contributed by atoms with Gasteiger partial charge in [0.1, 0.15) is 0 Å². The molecule has 0 unspecified atom stereocenters. The minimum absolute atomic E-state index is 0.255. The van der Waals surface area contributed by atoms with Crippen LogP contribution in [0.15, 0.2) is 42.0 Å². The number of thiazole rings is 1. The first-order valence-electron chi connectivity index (χ1n) is 8.18. The number of hydrogen-bond acceptors (Lipinski definition) is 5. The summed E-state index contributed by atoms with van der Waals surface area (Å²) >= 11 is 1.71. The molecule has 124 valence electrons. The molecule has 0 N–H and O–H groups in total. The van der Waals surface area contributed by atoms with Gasteiger partial charge in [-0.2, -0.15) is 0 Å². The Balaban J connectivity index is 1.54. The Morgan fingerprint density at radius 1 is 1.39 bits per heavy atom. The van der Waals surface area contributed by atoms with Crippen LogP contribution in [0.3, 0.4) is 0 Å². The summed E-state index contributed by atoms with van der Waals surface area (Å²) in [6, 6.07) is 11.1. The molecule has 0 amide bonds. The summed E-state index contributed by atoms with van der Waals surface area (Å²) in [6.45, 7) is 7.02. The molecule has 1 aliphatic rings. The zero-order valence-corrected chi connectivity index (χ0v) is 14.7. The third kappa shape index (κ3) is 4.61. The summed E-state index contributed by atoms with van der Waals surface area (Å²) in [5, 5.41) is 0. The number of benzene rings is 1. The van der Waals surface area contributed by atoms with Gasteiger partial charge in [0.05, 0.1) is 18.2 Å². The molecular formula is C18H25N3OS. The van der Waals surface area contributed by atoms with Gasteiger partial charge in [-0.1, -0.05) is 30.3 Å². The lowest BCUT2D eigenvalue weighted by atomic mass is 10.1. The Morgan fingerprint density at radius 3 is 2.96 bits per heavy atom. The molecule has 0 saturated carbocycles. The van der Waals surface area contributed by atoms with Gasteiger partial charge in [-0.3, -0.25) is 14.8 Å². The quantitative estimate of drug-likeness (QED) is 0.814. The van der Waals surface area contributed by atoms with Crippen molar-refractivity contribution in [2.45, 2.75) is 32.2 Å². The van der Waals surface area contributed by atoms with Gasteiger partial charge < -0.3 is 4.74 Å². The normalized spacial score (nSPS) is 20.7. The number of nitrogens with zero attached hydrogens (tertiary/aromatic N) is 3. The van der Waals surface area contributed by atoms with Gasteiger partial charge in [0, 0.05) is 43.3 Å². The van der Waals surface area contributed by atoms with Gasteiger partial charge in [0.2, 0.25) is 0 Å². The second-order valence-electron chi connectivity index (χ2n) is 6.25. The maximum Gasteiger partial charge on any atom is 0.0854 e. The number of aromatic nitrogens is 1. The molecule has 1 aromatic carbocycles. The molecule has 1 fully saturated rings. The van der Waals surface area contributed by atoms with Crippen molar-refractivity contribution in [2.24, 2.45) is 0 Å². The molecule has 23 heavy (non-hydrogen) atoms. The predicted octanol–water partition coefficient (Wildman–Crippen LogP) is 2.86. The highest BCUT2D eigenvalue weighted by Crippen LogP contribution is 2.18. The molecule has 0 bridgehead atoms. The standard InChI is InChI=1S/C18H25N3OS/c1-15(20(2)12-17-10-19-14-23-17)18-13-21(8-9-22-18)11-16-6-4-3-5-7-16/h3-7,10,14-15,18H,8-9,11-13H2,1-2H3/t15-,18+/m1/s1. The highest BCUT2D eigenvalue weighted by atomic mass is 32.1. The summed E-state index contributed by atoms with van der Waals surface area (Å²) in [7, 11) is 2.17. The Morgan fingerprint density at radius 2 is 2.22 bits per heavy atom. The van der Waals surface area contributed by atoms with Crippen molar-refractivity contribution in [2.75, 3.05) is 26.7 Å². The van der Waals surface area contributed by atoms with E-state index in [1.807, 2.05) is 11.7 Å². The van der Waals surface area contributed by atoms with Crippen LogP contribution in [0.1, 0.15) is 17.4 Å². The third-order valence-corrected chi connectivity index (χ3v) is 5.31. The Labute approximate surface area is 142 Å². The van der Waals surface area contributed by atoms with E-state index in [1.54, 1.807) is 11.3 Å². The molecule has 0 radical (unpaired) electrons. The average molecular weight is 331 g/mol. The van der Waals surface area contributed by atoms with Crippen LogP contribution in [0, 0.1) is 0 Å². The van der Waals surface area contributed by atoms with Gasteiger partial charge in [-0.25, -0.2) is 0 Å². The van der Waals surface area contributed by atoms with E-state index in [2.05, 4.69) is 59.1 Å². The second kappa shape index (κ2) is 8.02. The summed E-state index contributed by atoms with van der Waals surface area (Å²) < 4.78 is 6.05. The topological polar surface area (TPSA) is 28.6 Å². The number of hydrogen-bond donors (Lipinski definition) is 0. The number of rotatable bonds is 6. The summed E-state index contributed by atoms with van der Waals surface area (Å²) in [5.41, 5.74) is 3.27. The van der Waals surface area contributed by atoms with Gasteiger partial charge in [0.25, 0.3) is 0 Å². The van der Waals surface area contributed by atoms with Gasteiger partial charge in [-0.15, -0.1) is 11.3 Å². The first-order chi connectivity index (χ1) is 11.2. The van der Waals surface area contributed by atoms with E-state index in [1.165, 1.54) is 10.4 Å². The van der Waals surface area contributed by atoms with Crippen LogP contribution in [0.4, 0.5) is 0 Å². The monoisotopic (exact) mass is 331 g/mol. The minimum Gasteiger partial charge on any atom is -0.374 e. The SMILES string of the molecule is C[C@H]([C@@H]1CN(Cc2ccccc2)CCO1)N(C)Cc1cncs1. The van der Waals surface area contributed by atoms with Crippen LogP contribution >= 0.6 is 11.3 Å². The van der Waals surface area contributed by atoms with Crippen molar-refractivity contribution in [1.82, 2.24) is 14.8 Å². The van der Waals surface area contributed by atoms with E-state index in [0.29, 0.717) is 6.04 Å². The predicted molar refractivity (Wildman–Crippen MR) is 94.5 cm³/mol. The second-order valence-corrected chi connectivity index (χ2v) is 7.22. The Kier molecular flexibility index (Phi) is 5.78. The molecule has 1 saturated heterocycles. The molecule has 4 nitrogen and oxygen atoms in total. The minimum atomic E-state index is 0.255. The molecule has 2 heterocycles. The van der Waals surface area contributed by atoms with E-state index >= 15 is 0 Å². The van der Waals surface area contributed by atoms with Gasteiger partial charge in [0.15, 0.2) is 0 Å². The van der Waals surface area contributed by atoms with E-state index in [0.717, 1.165) is 32.8 Å². The summed E-state index contributed by atoms with van der Waals surface area (Å²) in [5.74, 6) is 0. The van der Waals surface area contributed by atoms with Crippen molar-refractivity contribution in [3.05, 3.63) is 52.5 Å². The molecule has 0 spiro atoms. The average Bonchev–Trinajstić information content (AvgIpc) is 3.08. The fourth-order valence-electron chi connectivity index (χ4n) is 3.00. The Bertz CT molecular complexity index is 575. The maximum atomic E-state index is 6.05. The van der Waals surface area contributed by atoms with E-state index in [4.69, 9.17) is 4.74 Å². The largest absolute Gasteiger partial charge is 0.374 e. The maximum absolute atomic E-state index is 6.05. The fourth-order valence-corrected chi connectivity index (χ4v) is 3.66. The van der Waals surface area contributed by atoms with Crippen molar-refractivity contribution >= 4 is 11.3 Å². The van der Waals surface area contributed by atoms with Crippen molar-refractivity contribution in [3.63, 3.8) is 0 Å². The van der Waals surface area contributed by atoms with Crippen molar-refractivity contribution < 1.29 is 4.74 Å². The van der Waals surface area contributed by atoms with E-state index in [9.17, 15) is 0 Å².